The van der Waals surface area contributed by atoms with Crippen molar-refractivity contribution in [2.24, 2.45) is 7.05 Å². The van der Waals surface area contributed by atoms with Gasteiger partial charge in [-0.3, -0.25) is 4.68 Å². The summed E-state index contributed by atoms with van der Waals surface area (Å²) in [5.74, 6) is 0. The molecule has 2 rings (SSSR count). The predicted octanol–water partition coefficient (Wildman–Crippen LogP) is 4.17. The third-order valence-corrected chi connectivity index (χ3v) is 3.92. The molecule has 0 saturated heterocycles. The number of hydrogen-bond acceptors (Lipinski definition) is 1. The minimum absolute atomic E-state index is 0.973. The van der Waals surface area contributed by atoms with E-state index in [1.165, 1.54) is 5.69 Å². The first-order valence-electron chi connectivity index (χ1n) is 5.10. The van der Waals surface area contributed by atoms with Gasteiger partial charge in [0.2, 0.25) is 0 Å². The maximum Gasteiger partial charge on any atom is 0.107 e. The van der Waals surface area contributed by atoms with Crippen LogP contribution in [0.25, 0.3) is 11.3 Å². The molecule has 0 atom stereocenters. The van der Waals surface area contributed by atoms with Crippen LogP contribution in [-0.2, 0) is 13.5 Å². The molecule has 0 aliphatic heterocycles. The van der Waals surface area contributed by atoms with Crippen LogP contribution in [0.15, 0.2) is 33.2 Å². The Kier molecular flexibility index (Phi) is 3.50. The maximum absolute atomic E-state index is 4.54. The van der Waals surface area contributed by atoms with Crippen LogP contribution in [0.4, 0.5) is 0 Å². The Bertz CT molecular complexity index is 500. The summed E-state index contributed by atoms with van der Waals surface area (Å²) in [4.78, 5) is 0. The van der Waals surface area contributed by atoms with Crippen molar-refractivity contribution in [1.82, 2.24) is 9.78 Å². The maximum atomic E-state index is 4.54. The van der Waals surface area contributed by atoms with Crippen LogP contribution in [0.1, 0.15) is 12.6 Å². The Hall–Kier alpha value is -0.610. The number of benzene rings is 1. The molecular weight excluding hydrogens is 332 g/mol. The zero-order valence-corrected chi connectivity index (χ0v) is 12.3. The average Bonchev–Trinajstić information content (AvgIpc) is 2.55. The highest BCUT2D eigenvalue weighted by molar-refractivity contribution is 9.10. The first-order chi connectivity index (χ1) is 7.63. The highest BCUT2D eigenvalue weighted by atomic mass is 79.9. The molecule has 0 aliphatic rings. The van der Waals surface area contributed by atoms with E-state index in [4.69, 9.17) is 0 Å². The van der Waals surface area contributed by atoms with E-state index in [1.807, 2.05) is 23.9 Å². The molecule has 0 aliphatic carbocycles. The molecule has 0 saturated carbocycles. The summed E-state index contributed by atoms with van der Waals surface area (Å²) in [7, 11) is 1.98. The van der Waals surface area contributed by atoms with Gasteiger partial charge in [-0.25, -0.2) is 0 Å². The van der Waals surface area contributed by atoms with E-state index in [0.29, 0.717) is 0 Å². The van der Waals surface area contributed by atoms with Gasteiger partial charge in [0.15, 0.2) is 0 Å². The lowest BCUT2D eigenvalue weighted by atomic mass is 10.1. The molecule has 0 radical (unpaired) electrons. The summed E-state index contributed by atoms with van der Waals surface area (Å²) >= 11 is 7.05. The summed E-state index contributed by atoms with van der Waals surface area (Å²) in [5, 5.41) is 4.54. The molecule has 1 aromatic heterocycles. The summed E-state index contributed by atoms with van der Waals surface area (Å²) < 4.78 is 4.11. The molecule has 4 heteroatoms. The smallest absolute Gasteiger partial charge is 0.107 e. The predicted molar refractivity (Wildman–Crippen MR) is 73.4 cm³/mol. The third-order valence-electron chi connectivity index (χ3n) is 2.55. The van der Waals surface area contributed by atoms with Crippen molar-refractivity contribution in [3.05, 3.63) is 38.9 Å². The fourth-order valence-electron chi connectivity index (χ4n) is 1.71. The van der Waals surface area contributed by atoms with Gasteiger partial charge in [-0.2, -0.15) is 5.10 Å². The molecule has 0 spiro atoms. The summed E-state index contributed by atoms with van der Waals surface area (Å²) in [6, 6.07) is 8.19. The fraction of sp³-hybridized carbons (Fsp3) is 0.250. The number of aromatic nitrogens is 2. The van der Waals surface area contributed by atoms with E-state index in [1.54, 1.807) is 0 Å². The summed E-state index contributed by atoms with van der Waals surface area (Å²) in [6.07, 6.45) is 0.973. The highest BCUT2D eigenvalue weighted by Gasteiger charge is 2.13. The summed E-state index contributed by atoms with van der Waals surface area (Å²) in [6.45, 7) is 2.13. The van der Waals surface area contributed by atoms with Gasteiger partial charge in [0.1, 0.15) is 5.69 Å². The molecule has 0 unspecified atom stereocenters. The zero-order chi connectivity index (χ0) is 11.7. The van der Waals surface area contributed by atoms with Crippen LogP contribution < -0.4 is 0 Å². The second kappa shape index (κ2) is 4.72. The van der Waals surface area contributed by atoms with Crippen molar-refractivity contribution < 1.29 is 0 Å². The molecule has 16 heavy (non-hydrogen) atoms. The van der Waals surface area contributed by atoms with Crippen LogP contribution in [0.3, 0.4) is 0 Å². The van der Waals surface area contributed by atoms with E-state index in [2.05, 4.69) is 56.0 Å². The minimum Gasteiger partial charge on any atom is -0.271 e. The fourth-order valence-corrected chi connectivity index (χ4v) is 2.82. The normalized spacial score (nSPS) is 10.8. The molecule has 0 amide bonds. The number of hydrogen-bond donors (Lipinski definition) is 0. The van der Waals surface area contributed by atoms with Gasteiger partial charge in [-0.05, 0) is 34.5 Å². The van der Waals surface area contributed by atoms with Crippen LogP contribution in [0.2, 0.25) is 0 Å². The molecule has 84 valence electrons. The molecule has 0 bridgehead atoms. The standard InChI is InChI=1S/C12H12Br2N2/c1-3-10-11(14)12(15-16(10)2)8-4-6-9(13)7-5-8/h4-7H,3H2,1-2H3. The van der Waals surface area contributed by atoms with Crippen molar-refractivity contribution in [3.63, 3.8) is 0 Å². The summed E-state index contributed by atoms with van der Waals surface area (Å²) in [5.41, 5.74) is 3.36. The van der Waals surface area contributed by atoms with Gasteiger partial charge in [0.25, 0.3) is 0 Å². The highest BCUT2D eigenvalue weighted by Crippen LogP contribution is 2.30. The van der Waals surface area contributed by atoms with Crippen LogP contribution in [-0.4, -0.2) is 9.78 Å². The van der Waals surface area contributed by atoms with Gasteiger partial charge in [0.05, 0.1) is 10.2 Å². The number of aryl methyl sites for hydroxylation is 1. The van der Waals surface area contributed by atoms with E-state index in [0.717, 1.165) is 26.6 Å². The first-order valence-corrected chi connectivity index (χ1v) is 6.69. The lowest BCUT2D eigenvalue weighted by Gasteiger charge is -1.98. The van der Waals surface area contributed by atoms with E-state index in [-0.39, 0.29) is 0 Å². The molecule has 1 aromatic carbocycles. The first kappa shape index (κ1) is 11.9. The quantitative estimate of drug-likeness (QED) is 0.800. The van der Waals surface area contributed by atoms with Crippen molar-refractivity contribution in [2.45, 2.75) is 13.3 Å². The van der Waals surface area contributed by atoms with Gasteiger partial charge in [-0.15, -0.1) is 0 Å². The molecular formula is C12H12Br2N2. The van der Waals surface area contributed by atoms with E-state index >= 15 is 0 Å². The number of halogens is 2. The van der Waals surface area contributed by atoms with Gasteiger partial charge < -0.3 is 0 Å². The zero-order valence-electron chi connectivity index (χ0n) is 9.17. The molecule has 2 aromatic rings. The lowest BCUT2D eigenvalue weighted by Crippen LogP contribution is -1.96. The molecule has 0 N–H and O–H groups in total. The minimum atomic E-state index is 0.973. The van der Waals surface area contributed by atoms with Crippen molar-refractivity contribution >= 4 is 31.9 Å². The Morgan fingerprint density at radius 1 is 1.19 bits per heavy atom. The van der Waals surface area contributed by atoms with Gasteiger partial charge in [0, 0.05) is 17.1 Å². The second-order valence-electron chi connectivity index (χ2n) is 3.59. The van der Waals surface area contributed by atoms with Crippen molar-refractivity contribution in [2.75, 3.05) is 0 Å². The Balaban J connectivity index is 2.52. The lowest BCUT2D eigenvalue weighted by molar-refractivity contribution is 0.719. The van der Waals surface area contributed by atoms with E-state index in [9.17, 15) is 0 Å². The monoisotopic (exact) mass is 342 g/mol. The SMILES string of the molecule is CCc1c(Br)c(-c2ccc(Br)cc2)nn1C. The Morgan fingerprint density at radius 3 is 2.31 bits per heavy atom. The largest absolute Gasteiger partial charge is 0.271 e. The number of nitrogens with zero attached hydrogens (tertiary/aromatic N) is 2. The van der Waals surface area contributed by atoms with Crippen LogP contribution in [0.5, 0.6) is 0 Å². The van der Waals surface area contributed by atoms with E-state index < -0.39 is 0 Å². The number of rotatable bonds is 2. The topological polar surface area (TPSA) is 17.8 Å². The molecule has 0 fully saturated rings. The van der Waals surface area contributed by atoms with Crippen LogP contribution >= 0.6 is 31.9 Å². The average molecular weight is 344 g/mol. The third kappa shape index (κ3) is 2.09. The molecule has 2 nitrogen and oxygen atoms in total. The van der Waals surface area contributed by atoms with Crippen LogP contribution in [0, 0.1) is 0 Å². The van der Waals surface area contributed by atoms with Gasteiger partial charge in [-0.1, -0.05) is 35.0 Å². The van der Waals surface area contributed by atoms with Gasteiger partial charge >= 0.3 is 0 Å². The second-order valence-corrected chi connectivity index (χ2v) is 5.30. The van der Waals surface area contributed by atoms with Crippen molar-refractivity contribution in [3.8, 4) is 11.3 Å². The van der Waals surface area contributed by atoms with Crippen molar-refractivity contribution in [1.29, 1.82) is 0 Å². The Morgan fingerprint density at radius 2 is 1.81 bits per heavy atom. The Labute approximate surface area is 112 Å². The molecule has 1 heterocycles.